The van der Waals surface area contributed by atoms with E-state index in [0.717, 1.165) is 6.42 Å². The van der Waals surface area contributed by atoms with Gasteiger partial charge in [0.2, 0.25) is 5.91 Å². The molecule has 158 valence electrons. The average molecular weight is 431 g/mol. The molecule has 0 radical (unpaired) electrons. The number of likely N-dealkylation sites (tertiary alicyclic amines) is 1. The number of hydrogen-bond donors (Lipinski definition) is 1. The van der Waals surface area contributed by atoms with Crippen LogP contribution >= 0.6 is 11.6 Å². The maximum Gasteiger partial charge on any atom is 0.410 e. The number of rotatable bonds is 3. The van der Waals surface area contributed by atoms with Gasteiger partial charge in [0.1, 0.15) is 11.6 Å². The lowest BCUT2D eigenvalue weighted by Gasteiger charge is -2.29. The summed E-state index contributed by atoms with van der Waals surface area (Å²) in [6.07, 6.45) is 0.375. The maximum atomic E-state index is 15.2. The lowest BCUT2D eigenvalue weighted by atomic mass is 10.0. The summed E-state index contributed by atoms with van der Waals surface area (Å²) in [4.78, 5) is 27.1. The van der Waals surface area contributed by atoms with Crippen LogP contribution in [-0.4, -0.2) is 35.1 Å². The number of anilines is 1. The highest BCUT2D eigenvalue weighted by molar-refractivity contribution is 6.33. The van der Waals surface area contributed by atoms with Gasteiger partial charge >= 0.3 is 6.09 Å². The van der Waals surface area contributed by atoms with Crippen LogP contribution in [0.25, 0.3) is 11.1 Å². The first-order valence-corrected chi connectivity index (χ1v) is 10.4. The van der Waals surface area contributed by atoms with Crippen molar-refractivity contribution in [2.45, 2.75) is 38.8 Å². The van der Waals surface area contributed by atoms with Crippen molar-refractivity contribution in [3.63, 3.8) is 0 Å². The predicted octanol–water partition coefficient (Wildman–Crippen LogP) is 5.34. The van der Waals surface area contributed by atoms with Crippen molar-refractivity contribution in [1.29, 1.82) is 0 Å². The third-order valence-electron chi connectivity index (χ3n) is 5.47. The number of carbonyl (C=O) groups is 2. The van der Waals surface area contributed by atoms with E-state index in [1.807, 2.05) is 0 Å². The summed E-state index contributed by atoms with van der Waals surface area (Å²) in [6.45, 7) is 5.84. The summed E-state index contributed by atoms with van der Waals surface area (Å²) in [5.74, 6) is -0.575. The maximum absolute atomic E-state index is 15.2. The fourth-order valence-corrected chi connectivity index (χ4v) is 4.27. The fraction of sp³-hybridized carbons (Fsp3) is 0.391. The molecule has 1 aliphatic heterocycles. The molecular formula is C23H24ClFN2O3. The zero-order chi connectivity index (χ0) is 21.6. The van der Waals surface area contributed by atoms with E-state index in [0.29, 0.717) is 28.6 Å². The molecule has 4 rings (SSSR count). The minimum absolute atomic E-state index is 0.0608. The summed E-state index contributed by atoms with van der Waals surface area (Å²) in [7, 11) is 0. The topological polar surface area (TPSA) is 58.6 Å². The standard InChI is InChI=1S/C23H24ClFN2O3/c1-23(2,3)30-22(29)27-12-13-11-16(13)20(27)21(28)26-18-10-6-8-15(19(18)25)14-7-4-5-9-17(14)24/h4-10,13,16,20H,11-12H2,1-3H3,(H,26,28)/t13-,16-,20-/m0/s1. The minimum atomic E-state index is -0.659. The van der Waals surface area contributed by atoms with Crippen molar-refractivity contribution in [1.82, 2.24) is 4.90 Å². The molecule has 0 bridgehead atoms. The molecule has 0 aromatic heterocycles. The predicted molar refractivity (Wildman–Crippen MR) is 114 cm³/mol. The Balaban J connectivity index is 1.56. The first-order chi connectivity index (χ1) is 14.2. The van der Waals surface area contributed by atoms with Crippen molar-refractivity contribution >= 4 is 29.3 Å². The molecule has 1 heterocycles. The summed E-state index contributed by atoms with van der Waals surface area (Å²) in [5.41, 5.74) is 0.260. The Hall–Kier alpha value is -2.60. The highest BCUT2D eigenvalue weighted by Crippen LogP contribution is 2.50. The quantitative estimate of drug-likeness (QED) is 0.715. The van der Waals surface area contributed by atoms with Crippen molar-refractivity contribution < 1.29 is 18.7 Å². The number of ether oxygens (including phenoxy) is 1. The van der Waals surface area contributed by atoms with E-state index in [-0.39, 0.29) is 11.6 Å². The summed E-state index contributed by atoms with van der Waals surface area (Å²) in [6, 6.07) is 11.1. The monoisotopic (exact) mass is 430 g/mol. The van der Waals surface area contributed by atoms with Gasteiger partial charge in [-0.05, 0) is 51.2 Å². The number of nitrogens with zero attached hydrogens (tertiary/aromatic N) is 1. The Labute approximate surface area is 180 Å². The van der Waals surface area contributed by atoms with E-state index in [2.05, 4.69) is 5.32 Å². The largest absolute Gasteiger partial charge is 0.444 e. The first kappa shape index (κ1) is 20.7. The van der Waals surface area contributed by atoms with Crippen molar-refractivity contribution in [2.24, 2.45) is 11.8 Å². The second-order valence-corrected chi connectivity index (χ2v) is 9.28. The summed E-state index contributed by atoms with van der Waals surface area (Å²) >= 11 is 6.21. The third-order valence-corrected chi connectivity index (χ3v) is 5.80. The number of nitrogens with one attached hydrogen (secondary N) is 1. The van der Waals surface area contributed by atoms with Gasteiger partial charge in [-0.25, -0.2) is 9.18 Å². The Kier molecular flexibility index (Phi) is 5.22. The highest BCUT2D eigenvalue weighted by atomic mass is 35.5. The van der Waals surface area contributed by atoms with Crippen LogP contribution in [0, 0.1) is 17.7 Å². The minimum Gasteiger partial charge on any atom is -0.444 e. The molecule has 2 fully saturated rings. The van der Waals surface area contributed by atoms with E-state index < -0.39 is 29.5 Å². The van der Waals surface area contributed by atoms with E-state index in [1.165, 1.54) is 11.0 Å². The third kappa shape index (κ3) is 4.01. The van der Waals surface area contributed by atoms with Gasteiger partial charge in [-0.3, -0.25) is 9.69 Å². The smallest absolute Gasteiger partial charge is 0.410 e. The molecule has 2 aliphatic rings. The SMILES string of the molecule is CC(C)(C)OC(=O)N1C[C@@H]2C[C@@H]2[C@H]1C(=O)Nc1cccc(-c2ccccc2Cl)c1F. The van der Waals surface area contributed by atoms with Crippen molar-refractivity contribution in [2.75, 3.05) is 11.9 Å². The van der Waals surface area contributed by atoms with Crippen LogP contribution in [0.4, 0.5) is 14.9 Å². The van der Waals surface area contributed by atoms with Gasteiger partial charge in [0, 0.05) is 22.7 Å². The normalized spacial score (nSPS) is 22.4. The van der Waals surface area contributed by atoms with Crippen LogP contribution in [0.3, 0.4) is 0 Å². The Morgan fingerprint density at radius 1 is 1.13 bits per heavy atom. The Bertz CT molecular complexity index is 1000. The van der Waals surface area contributed by atoms with Crippen LogP contribution in [0.2, 0.25) is 5.02 Å². The number of piperidine rings is 1. The van der Waals surface area contributed by atoms with E-state index in [9.17, 15) is 9.59 Å². The number of halogens is 2. The molecule has 1 aliphatic carbocycles. The lowest BCUT2D eigenvalue weighted by molar-refractivity contribution is -0.121. The van der Waals surface area contributed by atoms with Crippen LogP contribution in [0.1, 0.15) is 27.2 Å². The molecule has 2 amide bonds. The van der Waals surface area contributed by atoms with Gasteiger partial charge in [-0.2, -0.15) is 0 Å². The molecule has 1 N–H and O–H groups in total. The van der Waals surface area contributed by atoms with Gasteiger partial charge in [0.25, 0.3) is 0 Å². The molecule has 30 heavy (non-hydrogen) atoms. The summed E-state index contributed by atoms with van der Waals surface area (Å²) < 4.78 is 20.6. The molecular weight excluding hydrogens is 407 g/mol. The van der Waals surface area contributed by atoms with Gasteiger partial charge in [0.05, 0.1) is 5.69 Å². The average Bonchev–Trinajstić information content (AvgIpc) is 3.32. The molecule has 2 aromatic carbocycles. The van der Waals surface area contributed by atoms with E-state index in [1.54, 1.807) is 57.2 Å². The number of hydrogen-bond acceptors (Lipinski definition) is 3. The van der Waals surface area contributed by atoms with Gasteiger partial charge in [0.15, 0.2) is 5.82 Å². The molecule has 1 saturated heterocycles. The molecule has 3 atom stereocenters. The van der Waals surface area contributed by atoms with E-state index in [4.69, 9.17) is 16.3 Å². The number of benzene rings is 2. The molecule has 0 spiro atoms. The second kappa shape index (κ2) is 7.58. The van der Waals surface area contributed by atoms with Crippen molar-refractivity contribution in [3.05, 3.63) is 53.3 Å². The van der Waals surface area contributed by atoms with E-state index >= 15 is 4.39 Å². The number of fused-ring (bicyclic) bond motifs is 1. The second-order valence-electron chi connectivity index (χ2n) is 8.87. The Morgan fingerprint density at radius 3 is 2.53 bits per heavy atom. The lowest BCUT2D eigenvalue weighted by Crippen LogP contribution is -2.47. The van der Waals surface area contributed by atoms with Crippen LogP contribution < -0.4 is 5.32 Å². The van der Waals surface area contributed by atoms with Gasteiger partial charge in [-0.15, -0.1) is 0 Å². The van der Waals surface area contributed by atoms with Gasteiger partial charge in [-0.1, -0.05) is 41.9 Å². The van der Waals surface area contributed by atoms with Crippen molar-refractivity contribution in [3.8, 4) is 11.1 Å². The molecule has 5 nitrogen and oxygen atoms in total. The molecule has 1 saturated carbocycles. The zero-order valence-corrected chi connectivity index (χ0v) is 17.9. The Morgan fingerprint density at radius 2 is 1.83 bits per heavy atom. The van der Waals surface area contributed by atoms with Crippen LogP contribution in [0.15, 0.2) is 42.5 Å². The van der Waals surface area contributed by atoms with Gasteiger partial charge < -0.3 is 10.1 Å². The fourth-order valence-electron chi connectivity index (χ4n) is 4.03. The van der Waals surface area contributed by atoms with Crippen LogP contribution in [0.5, 0.6) is 0 Å². The highest BCUT2D eigenvalue weighted by Gasteiger charge is 2.57. The number of amides is 2. The number of carbonyl (C=O) groups excluding carboxylic acids is 2. The molecule has 7 heteroatoms. The first-order valence-electron chi connectivity index (χ1n) is 9.99. The molecule has 2 aromatic rings. The van der Waals surface area contributed by atoms with Crippen LogP contribution in [-0.2, 0) is 9.53 Å². The molecule has 0 unspecified atom stereocenters. The zero-order valence-electron chi connectivity index (χ0n) is 17.1. The summed E-state index contributed by atoms with van der Waals surface area (Å²) in [5, 5.41) is 3.10.